The Balaban J connectivity index is 2.40. The SMILES string of the molecule is CC#CC1(O)CCC(NCC)CC1. The summed E-state index contributed by atoms with van der Waals surface area (Å²) in [6.45, 7) is 4.92. The lowest BCUT2D eigenvalue weighted by Gasteiger charge is -2.32. The molecule has 2 nitrogen and oxygen atoms in total. The minimum Gasteiger partial charge on any atom is -0.378 e. The van der Waals surface area contributed by atoms with Crippen molar-refractivity contribution in [3.05, 3.63) is 0 Å². The maximum atomic E-state index is 9.96. The van der Waals surface area contributed by atoms with Crippen molar-refractivity contribution in [1.29, 1.82) is 0 Å². The van der Waals surface area contributed by atoms with Crippen LogP contribution in [-0.2, 0) is 0 Å². The summed E-state index contributed by atoms with van der Waals surface area (Å²) < 4.78 is 0. The highest BCUT2D eigenvalue weighted by Crippen LogP contribution is 2.27. The monoisotopic (exact) mass is 181 g/mol. The van der Waals surface area contributed by atoms with Gasteiger partial charge in [-0.2, -0.15) is 0 Å². The van der Waals surface area contributed by atoms with Crippen LogP contribution >= 0.6 is 0 Å². The summed E-state index contributed by atoms with van der Waals surface area (Å²) in [7, 11) is 0. The fourth-order valence-corrected chi connectivity index (χ4v) is 1.95. The summed E-state index contributed by atoms with van der Waals surface area (Å²) in [6.07, 6.45) is 3.70. The van der Waals surface area contributed by atoms with Crippen LogP contribution in [0.25, 0.3) is 0 Å². The summed E-state index contributed by atoms with van der Waals surface area (Å²) in [5, 5.41) is 13.4. The lowest BCUT2D eigenvalue weighted by Crippen LogP contribution is -2.40. The van der Waals surface area contributed by atoms with Crippen LogP contribution in [0.1, 0.15) is 39.5 Å². The Bertz CT molecular complexity index is 206. The van der Waals surface area contributed by atoms with Crippen LogP contribution in [0, 0.1) is 11.8 Å². The summed E-state index contributed by atoms with van der Waals surface area (Å²) in [4.78, 5) is 0. The Morgan fingerprint density at radius 3 is 2.54 bits per heavy atom. The second kappa shape index (κ2) is 4.64. The molecule has 0 saturated heterocycles. The van der Waals surface area contributed by atoms with Crippen molar-refractivity contribution in [1.82, 2.24) is 5.32 Å². The number of aliphatic hydroxyl groups is 1. The van der Waals surface area contributed by atoms with E-state index in [1.54, 1.807) is 6.92 Å². The van der Waals surface area contributed by atoms with E-state index in [2.05, 4.69) is 24.1 Å². The van der Waals surface area contributed by atoms with Crippen LogP contribution in [0.3, 0.4) is 0 Å². The van der Waals surface area contributed by atoms with Crippen molar-refractivity contribution in [3.8, 4) is 11.8 Å². The molecule has 0 aliphatic heterocycles. The predicted octanol–water partition coefficient (Wildman–Crippen LogP) is 1.29. The highest BCUT2D eigenvalue weighted by Gasteiger charge is 2.30. The van der Waals surface area contributed by atoms with E-state index >= 15 is 0 Å². The van der Waals surface area contributed by atoms with Gasteiger partial charge in [-0.25, -0.2) is 0 Å². The lowest BCUT2D eigenvalue weighted by atomic mass is 9.82. The molecule has 1 rings (SSSR count). The summed E-state index contributed by atoms with van der Waals surface area (Å²) >= 11 is 0. The molecule has 0 unspecified atom stereocenters. The van der Waals surface area contributed by atoms with Gasteiger partial charge < -0.3 is 10.4 Å². The van der Waals surface area contributed by atoms with Gasteiger partial charge in [0, 0.05) is 6.04 Å². The van der Waals surface area contributed by atoms with Crippen LogP contribution in [0.5, 0.6) is 0 Å². The van der Waals surface area contributed by atoms with E-state index < -0.39 is 5.60 Å². The summed E-state index contributed by atoms with van der Waals surface area (Å²) in [5.74, 6) is 5.71. The molecule has 2 heteroatoms. The Hall–Kier alpha value is -0.520. The molecule has 1 fully saturated rings. The molecule has 0 heterocycles. The van der Waals surface area contributed by atoms with Gasteiger partial charge in [0.25, 0.3) is 0 Å². The minimum atomic E-state index is -0.694. The van der Waals surface area contributed by atoms with Gasteiger partial charge in [-0.3, -0.25) is 0 Å². The van der Waals surface area contributed by atoms with Gasteiger partial charge in [0.15, 0.2) is 0 Å². The molecule has 13 heavy (non-hydrogen) atoms. The van der Waals surface area contributed by atoms with Gasteiger partial charge in [0.05, 0.1) is 0 Å². The van der Waals surface area contributed by atoms with Crippen molar-refractivity contribution in [2.45, 2.75) is 51.2 Å². The zero-order chi connectivity index (χ0) is 9.73. The highest BCUT2D eigenvalue weighted by atomic mass is 16.3. The second-order valence-corrected chi connectivity index (χ2v) is 3.74. The van der Waals surface area contributed by atoms with E-state index in [1.807, 2.05) is 0 Å². The first-order valence-corrected chi connectivity index (χ1v) is 5.10. The average molecular weight is 181 g/mol. The molecule has 0 aromatic rings. The predicted molar refractivity (Wildman–Crippen MR) is 54.3 cm³/mol. The van der Waals surface area contributed by atoms with Crippen LogP contribution in [0.15, 0.2) is 0 Å². The molecule has 0 bridgehead atoms. The van der Waals surface area contributed by atoms with E-state index in [-0.39, 0.29) is 0 Å². The molecular formula is C11H19NO. The first-order valence-electron chi connectivity index (χ1n) is 5.10. The summed E-state index contributed by atoms with van der Waals surface area (Å²) in [5.41, 5.74) is -0.694. The molecule has 0 aromatic carbocycles. The highest BCUT2D eigenvalue weighted by molar-refractivity contribution is 5.13. The first kappa shape index (κ1) is 10.6. The number of hydrogen-bond donors (Lipinski definition) is 2. The van der Waals surface area contributed by atoms with E-state index in [1.165, 1.54) is 0 Å². The standard InChI is InChI=1S/C11H19NO/c1-3-7-11(13)8-5-10(6-9-11)12-4-2/h10,12-13H,4-6,8-9H2,1-2H3. The van der Waals surface area contributed by atoms with Crippen molar-refractivity contribution in [2.24, 2.45) is 0 Å². The molecule has 1 aliphatic carbocycles. The molecule has 2 N–H and O–H groups in total. The van der Waals surface area contributed by atoms with Crippen LogP contribution in [0.2, 0.25) is 0 Å². The summed E-state index contributed by atoms with van der Waals surface area (Å²) in [6, 6.07) is 0.587. The van der Waals surface area contributed by atoms with Gasteiger partial charge in [0.2, 0.25) is 0 Å². The molecule has 1 saturated carbocycles. The largest absolute Gasteiger partial charge is 0.378 e. The molecular weight excluding hydrogens is 162 g/mol. The zero-order valence-electron chi connectivity index (χ0n) is 8.56. The third-order valence-corrected chi connectivity index (χ3v) is 2.66. The molecule has 0 amide bonds. The van der Waals surface area contributed by atoms with E-state index in [9.17, 15) is 5.11 Å². The fraction of sp³-hybridized carbons (Fsp3) is 0.818. The maximum Gasteiger partial charge on any atom is 0.125 e. The van der Waals surface area contributed by atoms with Gasteiger partial charge in [-0.05, 0) is 39.2 Å². The fourth-order valence-electron chi connectivity index (χ4n) is 1.95. The topological polar surface area (TPSA) is 32.3 Å². The Morgan fingerprint density at radius 2 is 2.08 bits per heavy atom. The number of nitrogens with one attached hydrogen (secondary N) is 1. The van der Waals surface area contributed by atoms with E-state index in [4.69, 9.17) is 0 Å². The molecule has 0 aromatic heterocycles. The Kier molecular flexibility index (Phi) is 3.77. The minimum absolute atomic E-state index is 0.587. The quantitative estimate of drug-likeness (QED) is 0.629. The van der Waals surface area contributed by atoms with Crippen LogP contribution in [-0.4, -0.2) is 23.3 Å². The maximum absolute atomic E-state index is 9.96. The van der Waals surface area contributed by atoms with Gasteiger partial charge in [0.1, 0.15) is 5.60 Å². The molecule has 0 spiro atoms. The van der Waals surface area contributed by atoms with Crippen LogP contribution in [0.4, 0.5) is 0 Å². The molecule has 74 valence electrons. The number of hydrogen-bond acceptors (Lipinski definition) is 2. The van der Waals surface area contributed by atoms with Crippen molar-refractivity contribution < 1.29 is 5.11 Å². The zero-order valence-corrected chi connectivity index (χ0v) is 8.56. The Morgan fingerprint density at radius 1 is 1.46 bits per heavy atom. The third kappa shape index (κ3) is 3.02. The second-order valence-electron chi connectivity index (χ2n) is 3.74. The van der Waals surface area contributed by atoms with Crippen LogP contribution < -0.4 is 5.32 Å². The molecule has 1 aliphatic rings. The van der Waals surface area contributed by atoms with E-state index in [0.29, 0.717) is 6.04 Å². The smallest absolute Gasteiger partial charge is 0.125 e. The van der Waals surface area contributed by atoms with Crippen molar-refractivity contribution in [2.75, 3.05) is 6.54 Å². The lowest BCUT2D eigenvalue weighted by molar-refractivity contribution is 0.0512. The van der Waals surface area contributed by atoms with Gasteiger partial charge in [-0.15, -0.1) is 5.92 Å². The third-order valence-electron chi connectivity index (χ3n) is 2.66. The average Bonchev–Trinajstić information content (AvgIpc) is 2.10. The molecule has 0 atom stereocenters. The van der Waals surface area contributed by atoms with Crippen molar-refractivity contribution in [3.63, 3.8) is 0 Å². The Labute approximate surface area is 80.7 Å². The van der Waals surface area contributed by atoms with Gasteiger partial charge in [-0.1, -0.05) is 12.8 Å². The van der Waals surface area contributed by atoms with Gasteiger partial charge >= 0.3 is 0 Å². The van der Waals surface area contributed by atoms with Crippen molar-refractivity contribution >= 4 is 0 Å². The first-order chi connectivity index (χ1) is 6.20. The van der Waals surface area contributed by atoms with E-state index in [0.717, 1.165) is 32.2 Å². The normalized spacial score (nSPS) is 33.6. The number of rotatable bonds is 2. The molecule has 0 radical (unpaired) electrons.